The molecular weight excluding hydrogens is 332 g/mol. The van der Waals surface area contributed by atoms with Gasteiger partial charge in [0.05, 0.1) is 0 Å². The normalized spacial score (nSPS) is 15.5. The van der Waals surface area contributed by atoms with Crippen molar-refractivity contribution >= 4 is 26.4 Å². The first-order valence-corrected chi connectivity index (χ1v) is 11.5. The van der Waals surface area contributed by atoms with Crippen LogP contribution in [-0.2, 0) is 30.4 Å². The summed E-state index contributed by atoms with van der Waals surface area (Å²) in [7, 11) is -3.05. The number of hydrogen-bond acceptors (Lipinski definition) is 8. The maximum atomic E-state index is 9.49. The summed E-state index contributed by atoms with van der Waals surface area (Å²) in [5, 5.41) is 9.49. The Kier molecular flexibility index (Phi) is 8.98. The summed E-state index contributed by atoms with van der Waals surface area (Å²) in [6, 6.07) is 0. The van der Waals surface area contributed by atoms with Gasteiger partial charge in [0.1, 0.15) is 6.23 Å². The summed E-state index contributed by atoms with van der Waals surface area (Å²) in [6.07, 6.45) is -0.447. The standard InChI is InChI=1S/C10H24O8Si3/c1-8-19(12-3,13-4)17-20(9-2,14-5)18-21(10-11,15-6)16-7/h8-9,11H,1-2,10H2,3-7H3. The monoisotopic (exact) mass is 356 g/mol. The van der Waals surface area contributed by atoms with Crippen LogP contribution in [0.1, 0.15) is 0 Å². The first-order valence-electron chi connectivity index (χ1n) is 5.94. The fourth-order valence-electron chi connectivity index (χ4n) is 1.39. The Morgan fingerprint density at radius 3 is 1.43 bits per heavy atom. The molecule has 1 N–H and O–H groups in total. The average Bonchev–Trinajstić information content (AvgIpc) is 2.57. The molecule has 0 saturated carbocycles. The highest BCUT2D eigenvalue weighted by Gasteiger charge is 2.56. The maximum Gasteiger partial charge on any atom is 0.521 e. The fraction of sp³-hybridized carbons (Fsp3) is 0.600. The van der Waals surface area contributed by atoms with Crippen LogP contribution >= 0.6 is 0 Å². The zero-order valence-corrected chi connectivity index (χ0v) is 16.1. The van der Waals surface area contributed by atoms with Gasteiger partial charge >= 0.3 is 26.4 Å². The van der Waals surface area contributed by atoms with Crippen molar-refractivity contribution in [3.63, 3.8) is 0 Å². The lowest BCUT2D eigenvalue weighted by Crippen LogP contribution is -2.63. The van der Waals surface area contributed by atoms with Crippen molar-refractivity contribution in [2.45, 2.75) is 0 Å². The van der Waals surface area contributed by atoms with Gasteiger partial charge in [0.2, 0.25) is 0 Å². The second-order valence-electron chi connectivity index (χ2n) is 3.68. The highest BCUT2D eigenvalue weighted by molar-refractivity contribution is 6.84. The molecule has 1 unspecified atom stereocenters. The Labute approximate surface area is 128 Å². The summed E-state index contributed by atoms with van der Waals surface area (Å²) >= 11 is 0. The van der Waals surface area contributed by atoms with Gasteiger partial charge in [-0.2, -0.15) is 0 Å². The van der Waals surface area contributed by atoms with Gasteiger partial charge in [-0.25, -0.2) is 0 Å². The molecule has 0 aromatic rings. The number of rotatable bonds is 12. The average molecular weight is 357 g/mol. The predicted octanol–water partition coefficient (Wildman–Crippen LogP) is 0.0502. The molecule has 0 aliphatic heterocycles. The molecule has 0 heterocycles. The van der Waals surface area contributed by atoms with E-state index in [0.29, 0.717) is 0 Å². The molecule has 11 heteroatoms. The topological polar surface area (TPSA) is 84.8 Å². The van der Waals surface area contributed by atoms with Crippen LogP contribution in [0.4, 0.5) is 0 Å². The van der Waals surface area contributed by atoms with Gasteiger partial charge in [-0.15, -0.1) is 0 Å². The summed E-state index contributed by atoms with van der Waals surface area (Å²) in [5.74, 6) is 0. The van der Waals surface area contributed by atoms with Crippen molar-refractivity contribution in [3.8, 4) is 0 Å². The van der Waals surface area contributed by atoms with E-state index in [0.717, 1.165) is 0 Å². The number of aliphatic hydroxyl groups is 1. The summed E-state index contributed by atoms with van der Waals surface area (Å²) in [5.41, 5.74) is 2.81. The van der Waals surface area contributed by atoms with E-state index in [4.69, 9.17) is 30.4 Å². The first kappa shape index (κ1) is 20.8. The Bertz CT molecular complexity index is 326. The Balaban J connectivity index is 5.52. The first-order chi connectivity index (χ1) is 9.90. The van der Waals surface area contributed by atoms with Crippen molar-refractivity contribution in [1.82, 2.24) is 0 Å². The molecule has 0 saturated heterocycles. The second kappa shape index (κ2) is 9.06. The molecule has 0 rings (SSSR count). The zero-order chi connectivity index (χ0) is 16.6. The van der Waals surface area contributed by atoms with Crippen LogP contribution in [0.3, 0.4) is 0 Å². The van der Waals surface area contributed by atoms with Crippen LogP contribution in [0.15, 0.2) is 24.6 Å². The highest BCUT2D eigenvalue weighted by Crippen LogP contribution is 2.24. The van der Waals surface area contributed by atoms with Crippen LogP contribution in [-0.4, -0.2) is 73.3 Å². The smallest absolute Gasteiger partial charge is 0.392 e. The lowest BCUT2D eigenvalue weighted by atomic mass is 11.3. The lowest BCUT2D eigenvalue weighted by Gasteiger charge is -2.37. The van der Waals surface area contributed by atoms with Gasteiger partial charge in [-0.3, -0.25) is 0 Å². The van der Waals surface area contributed by atoms with Gasteiger partial charge < -0.3 is 35.5 Å². The van der Waals surface area contributed by atoms with Crippen LogP contribution in [0.2, 0.25) is 0 Å². The second-order valence-corrected chi connectivity index (χ2v) is 12.3. The third-order valence-electron chi connectivity index (χ3n) is 2.75. The zero-order valence-electron chi connectivity index (χ0n) is 13.1. The molecule has 0 amide bonds. The largest absolute Gasteiger partial charge is 0.521 e. The minimum absolute atomic E-state index is 0.447. The molecule has 0 spiro atoms. The summed E-state index contributed by atoms with van der Waals surface area (Å²) < 4.78 is 38.0. The van der Waals surface area contributed by atoms with Gasteiger partial charge in [0.15, 0.2) is 0 Å². The van der Waals surface area contributed by atoms with E-state index in [1.807, 2.05) is 0 Å². The molecule has 0 aliphatic carbocycles. The van der Waals surface area contributed by atoms with Gasteiger partial charge in [0.25, 0.3) is 0 Å². The quantitative estimate of drug-likeness (QED) is 0.491. The summed E-state index contributed by atoms with van der Waals surface area (Å²) in [6.45, 7) is 7.32. The molecule has 0 bridgehead atoms. The van der Waals surface area contributed by atoms with E-state index in [-0.39, 0.29) is 0 Å². The van der Waals surface area contributed by atoms with E-state index in [9.17, 15) is 5.11 Å². The van der Waals surface area contributed by atoms with Crippen LogP contribution in [0, 0.1) is 0 Å². The lowest BCUT2D eigenvalue weighted by molar-refractivity contribution is 0.0701. The molecule has 21 heavy (non-hydrogen) atoms. The van der Waals surface area contributed by atoms with Crippen molar-refractivity contribution in [2.75, 3.05) is 41.8 Å². The molecule has 0 aromatic carbocycles. The minimum Gasteiger partial charge on any atom is -0.392 e. The minimum atomic E-state index is -3.48. The number of aliphatic hydroxyl groups excluding tert-OH is 1. The summed E-state index contributed by atoms with van der Waals surface area (Å²) in [4.78, 5) is 0. The van der Waals surface area contributed by atoms with Crippen molar-refractivity contribution < 1.29 is 35.5 Å². The third kappa shape index (κ3) is 4.90. The highest BCUT2D eigenvalue weighted by atomic mass is 28.5. The van der Waals surface area contributed by atoms with E-state index in [2.05, 4.69) is 13.2 Å². The van der Waals surface area contributed by atoms with Crippen LogP contribution in [0.25, 0.3) is 0 Å². The number of hydrogen-bond donors (Lipinski definition) is 1. The van der Waals surface area contributed by atoms with E-state index < -0.39 is 32.6 Å². The molecule has 0 aliphatic rings. The van der Waals surface area contributed by atoms with Crippen molar-refractivity contribution in [3.05, 3.63) is 24.6 Å². The van der Waals surface area contributed by atoms with E-state index in [1.54, 1.807) is 0 Å². The van der Waals surface area contributed by atoms with Crippen molar-refractivity contribution in [1.29, 1.82) is 0 Å². The fourth-order valence-corrected chi connectivity index (χ4v) is 9.60. The van der Waals surface area contributed by atoms with E-state index >= 15 is 0 Å². The van der Waals surface area contributed by atoms with Crippen LogP contribution in [0.5, 0.6) is 0 Å². The predicted molar refractivity (Wildman–Crippen MR) is 82.0 cm³/mol. The molecule has 1 atom stereocenters. The van der Waals surface area contributed by atoms with Crippen molar-refractivity contribution in [2.24, 2.45) is 0 Å². The maximum absolute atomic E-state index is 9.49. The third-order valence-corrected chi connectivity index (χ3v) is 11.7. The molecule has 0 radical (unpaired) electrons. The van der Waals surface area contributed by atoms with Gasteiger partial charge in [-0.05, 0) is 11.4 Å². The van der Waals surface area contributed by atoms with E-state index in [1.165, 1.54) is 46.9 Å². The Morgan fingerprint density at radius 2 is 1.19 bits per heavy atom. The molecule has 0 aromatic heterocycles. The van der Waals surface area contributed by atoms with Crippen LogP contribution < -0.4 is 0 Å². The molecular formula is C10H24O8Si3. The molecule has 0 fully saturated rings. The molecule has 8 nitrogen and oxygen atoms in total. The Hall–Kier alpha value is -0.189. The Morgan fingerprint density at radius 1 is 0.762 bits per heavy atom. The SMILES string of the molecule is C=C[Si](OC)(OC)O[Si](C=C)(OC)O[Si](CO)(OC)OC. The van der Waals surface area contributed by atoms with Gasteiger partial charge in [-0.1, -0.05) is 13.2 Å². The van der Waals surface area contributed by atoms with Gasteiger partial charge in [0, 0.05) is 35.5 Å². The molecule has 124 valence electrons.